The number of anilines is 1. The first kappa shape index (κ1) is 29.9. The van der Waals surface area contributed by atoms with Crippen LogP contribution in [-0.4, -0.2) is 68.3 Å². The Morgan fingerprint density at radius 3 is 2.58 bits per heavy atom. The summed E-state index contributed by atoms with van der Waals surface area (Å²) in [4.78, 5) is 37.4. The van der Waals surface area contributed by atoms with Crippen LogP contribution in [0.25, 0.3) is 11.2 Å². The highest BCUT2D eigenvalue weighted by molar-refractivity contribution is 7.56. The van der Waals surface area contributed by atoms with Gasteiger partial charge in [-0.1, -0.05) is 6.42 Å². The van der Waals surface area contributed by atoms with Gasteiger partial charge in [0.05, 0.1) is 25.1 Å². The van der Waals surface area contributed by atoms with Gasteiger partial charge < -0.3 is 29.0 Å². The Bertz CT molecular complexity index is 1150. The minimum atomic E-state index is -3.89. The minimum absolute atomic E-state index is 0.169. The molecule has 1 fully saturated rings. The fraction of sp³-hybridized carbons (Fsp3) is 0.708. The highest BCUT2D eigenvalue weighted by Crippen LogP contribution is 2.45. The zero-order valence-corrected chi connectivity index (χ0v) is 23.6. The average molecular weight is 555 g/mol. The van der Waals surface area contributed by atoms with Gasteiger partial charge in [-0.2, -0.15) is 0 Å². The topological polar surface area (TPSA) is 170 Å². The van der Waals surface area contributed by atoms with Crippen LogP contribution in [0.3, 0.4) is 0 Å². The van der Waals surface area contributed by atoms with Crippen molar-refractivity contribution in [3.63, 3.8) is 0 Å². The van der Waals surface area contributed by atoms with Crippen LogP contribution in [0.4, 0.5) is 5.82 Å². The van der Waals surface area contributed by atoms with Gasteiger partial charge in [-0.3, -0.25) is 9.36 Å². The Morgan fingerprint density at radius 1 is 1.18 bits per heavy atom. The SMILES string of the molecule is CC(C)OC(=O)COP(=O)(COC(C)Cn1cnc2c(N)ncnc21)NC(C)(C)C(=O)OC1CCCCC1. The molecule has 0 amide bonds. The van der Waals surface area contributed by atoms with Crippen LogP contribution in [0.5, 0.6) is 0 Å². The zero-order valence-electron chi connectivity index (χ0n) is 22.7. The summed E-state index contributed by atoms with van der Waals surface area (Å²) in [6, 6.07) is 0. The van der Waals surface area contributed by atoms with Crippen LogP contribution in [0.15, 0.2) is 12.7 Å². The number of nitrogens with zero attached hydrogens (tertiary/aromatic N) is 4. The van der Waals surface area contributed by atoms with Crippen LogP contribution in [-0.2, 0) is 39.4 Å². The summed E-state index contributed by atoms with van der Waals surface area (Å²) in [5.41, 5.74) is 5.49. The number of imidazole rings is 1. The molecule has 0 spiro atoms. The number of carbonyl (C=O) groups is 2. The maximum Gasteiger partial charge on any atom is 0.332 e. The summed E-state index contributed by atoms with van der Waals surface area (Å²) in [6.45, 7) is 8.03. The first-order valence-electron chi connectivity index (χ1n) is 12.8. The molecular weight excluding hydrogens is 515 g/mol. The number of fused-ring (bicyclic) bond motifs is 1. The first-order valence-corrected chi connectivity index (χ1v) is 14.7. The van der Waals surface area contributed by atoms with Gasteiger partial charge >= 0.3 is 11.9 Å². The van der Waals surface area contributed by atoms with Gasteiger partial charge in [0.15, 0.2) is 18.1 Å². The summed E-state index contributed by atoms with van der Waals surface area (Å²) in [7, 11) is -3.89. The second-order valence-corrected chi connectivity index (χ2v) is 12.4. The molecule has 1 saturated carbocycles. The third-order valence-corrected chi connectivity index (χ3v) is 7.89. The van der Waals surface area contributed by atoms with E-state index in [-0.39, 0.29) is 18.0 Å². The lowest BCUT2D eigenvalue weighted by atomic mass is 9.97. The summed E-state index contributed by atoms with van der Waals surface area (Å²) in [5.74, 6) is -0.965. The summed E-state index contributed by atoms with van der Waals surface area (Å²) < 4.78 is 37.8. The monoisotopic (exact) mass is 554 g/mol. The molecule has 3 N–H and O–H groups in total. The quantitative estimate of drug-likeness (QED) is 0.274. The van der Waals surface area contributed by atoms with Crippen molar-refractivity contribution in [2.45, 2.75) is 97.1 Å². The van der Waals surface area contributed by atoms with Gasteiger partial charge in [0, 0.05) is 0 Å². The number of esters is 2. The van der Waals surface area contributed by atoms with Gasteiger partial charge in [0.1, 0.15) is 29.8 Å². The maximum absolute atomic E-state index is 13.8. The van der Waals surface area contributed by atoms with Crippen molar-refractivity contribution in [1.82, 2.24) is 24.6 Å². The molecule has 212 valence electrons. The van der Waals surface area contributed by atoms with Crippen molar-refractivity contribution < 1.29 is 32.9 Å². The number of hydrogen-bond donors (Lipinski definition) is 2. The molecule has 14 heteroatoms. The molecular formula is C24H39N6O7P. The number of nitrogens with two attached hydrogens (primary N) is 1. The number of nitrogen functional groups attached to an aromatic ring is 1. The number of nitrogens with one attached hydrogen (secondary N) is 1. The second-order valence-electron chi connectivity index (χ2n) is 10.3. The number of aromatic nitrogens is 4. The number of rotatable bonds is 13. The Hall–Kier alpha value is -2.60. The van der Waals surface area contributed by atoms with Crippen molar-refractivity contribution in [2.24, 2.45) is 0 Å². The number of ether oxygens (including phenoxy) is 3. The molecule has 0 radical (unpaired) electrons. The highest BCUT2D eigenvalue weighted by Gasteiger charge is 2.40. The van der Waals surface area contributed by atoms with Crippen molar-refractivity contribution in [1.29, 1.82) is 0 Å². The Kier molecular flexibility index (Phi) is 10.2. The molecule has 0 aliphatic heterocycles. The fourth-order valence-electron chi connectivity index (χ4n) is 4.10. The van der Waals surface area contributed by atoms with Gasteiger partial charge in [0.25, 0.3) is 7.52 Å². The zero-order chi connectivity index (χ0) is 27.9. The predicted octanol–water partition coefficient (Wildman–Crippen LogP) is 3.18. The fourth-order valence-corrected chi connectivity index (χ4v) is 6.01. The van der Waals surface area contributed by atoms with Gasteiger partial charge in [0.2, 0.25) is 0 Å². The van der Waals surface area contributed by atoms with Crippen LogP contribution < -0.4 is 10.8 Å². The summed E-state index contributed by atoms with van der Waals surface area (Å²) >= 11 is 0. The van der Waals surface area contributed by atoms with Crippen LogP contribution in [0, 0.1) is 0 Å². The Labute approximate surface area is 222 Å². The lowest BCUT2D eigenvalue weighted by Crippen LogP contribution is -2.48. The van der Waals surface area contributed by atoms with E-state index in [0.717, 1.165) is 32.1 Å². The lowest BCUT2D eigenvalue weighted by molar-refractivity contribution is -0.156. The molecule has 3 rings (SSSR count). The van der Waals surface area contributed by atoms with E-state index in [0.29, 0.717) is 17.7 Å². The van der Waals surface area contributed by atoms with E-state index in [1.165, 1.54) is 6.33 Å². The number of carbonyl (C=O) groups excluding carboxylic acids is 2. The summed E-state index contributed by atoms with van der Waals surface area (Å²) in [6.07, 6.45) is 6.23. The second kappa shape index (κ2) is 13.0. The molecule has 1 aliphatic rings. The standard InChI is InChI=1S/C24H39N6O7P/c1-16(2)36-19(31)12-35-38(33,29-24(4,5)23(32)37-18-9-7-6-8-10-18)15-34-17(3)11-30-14-28-20-21(25)26-13-27-22(20)30/h13-14,16-18H,6-12,15H2,1-5H3,(H,29,33)(H2,25,26,27). The normalized spacial score (nSPS) is 17.3. The van der Waals surface area contributed by atoms with E-state index >= 15 is 0 Å². The third-order valence-electron chi connectivity index (χ3n) is 5.96. The van der Waals surface area contributed by atoms with Crippen molar-refractivity contribution >= 4 is 36.4 Å². The van der Waals surface area contributed by atoms with Crippen LogP contribution in [0.2, 0.25) is 0 Å². The van der Waals surface area contributed by atoms with E-state index in [2.05, 4.69) is 20.0 Å². The largest absolute Gasteiger partial charge is 0.461 e. The minimum Gasteiger partial charge on any atom is -0.461 e. The van der Waals surface area contributed by atoms with E-state index in [1.807, 2.05) is 0 Å². The van der Waals surface area contributed by atoms with Gasteiger partial charge in [-0.05, 0) is 60.3 Å². The highest BCUT2D eigenvalue weighted by atomic mass is 31.2. The molecule has 2 atom stereocenters. The molecule has 38 heavy (non-hydrogen) atoms. The van der Waals surface area contributed by atoms with Gasteiger partial charge in [-0.25, -0.2) is 24.8 Å². The molecule has 2 unspecified atom stereocenters. The first-order chi connectivity index (χ1) is 17.9. The van der Waals surface area contributed by atoms with Crippen molar-refractivity contribution in [2.75, 3.05) is 18.7 Å². The van der Waals surface area contributed by atoms with Crippen LogP contribution >= 0.6 is 7.52 Å². The van der Waals surface area contributed by atoms with Crippen molar-refractivity contribution in [3.8, 4) is 0 Å². The van der Waals surface area contributed by atoms with E-state index < -0.39 is 44.1 Å². The molecule has 2 aromatic heterocycles. The Balaban J connectivity index is 1.67. The van der Waals surface area contributed by atoms with E-state index in [9.17, 15) is 14.2 Å². The summed E-state index contributed by atoms with van der Waals surface area (Å²) in [5, 5.41) is 2.79. The molecule has 0 bridgehead atoms. The number of hydrogen-bond acceptors (Lipinski definition) is 11. The third kappa shape index (κ3) is 8.45. The predicted molar refractivity (Wildman–Crippen MR) is 140 cm³/mol. The smallest absolute Gasteiger partial charge is 0.332 e. The molecule has 0 aromatic carbocycles. The molecule has 2 heterocycles. The maximum atomic E-state index is 13.8. The van der Waals surface area contributed by atoms with E-state index in [4.69, 9.17) is 24.5 Å². The van der Waals surface area contributed by atoms with Crippen molar-refractivity contribution in [3.05, 3.63) is 12.7 Å². The molecule has 0 saturated heterocycles. The molecule has 1 aliphatic carbocycles. The average Bonchev–Trinajstić information content (AvgIpc) is 3.25. The van der Waals surface area contributed by atoms with E-state index in [1.54, 1.807) is 45.5 Å². The molecule has 13 nitrogen and oxygen atoms in total. The Morgan fingerprint density at radius 2 is 1.89 bits per heavy atom. The molecule has 2 aromatic rings. The van der Waals surface area contributed by atoms with Crippen LogP contribution in [0.1, 0.15) is 66.7 Å². The van der Waals surface area contributed by atoms with Gasteiger partial charge in [-0.15, -0.1) is 0 Å². The lowest BCUT2D eigenvalue weighted by Gasteiger charge is -2.32.